The molecule has 3 nitrogen and oxygen atoms in total. The first-order valence-electron chi connectivity index (χ1n) is 6.21. The number of nitrogens with one attached hydrogen (secondary N) is 1. The molecule has 0 saturated carbocycles. The van der Waals surface area contributed by atoms with E-state index in [1.807, 2.05) is 24.7 Å². The fourth-order valence-electron chi connectivity index (χ4n) is 2.27. The van der Waals surface area contributed by atoms with Gasteiger partial charge in [-0.3, -0.25) is 4.68 Å². The Labute approximate surface area is 121 Å². The highest BCUT2D eigenvalue weighted by Crippen LogP contribution is 2.30. The Balaban J connectivity index is 2.51. The second-order valence-electron chi connectivity index (χ2n) is 4.49. The molecule has 1 N–H and O–H groups in total. The molecule has 0 amide bonds. The summed E-state index contributed by atoms with van der Waals surface area (Å²) in [6.45, 7) is 4.79. The summed E-state index contributed by atoms with van der Waals surface area (Å²) in [5.74, 6) is -0.208. The van der Waals surface area contributed by atoms with Crippen LogP contribution in [0.5, 0.6) is 0 Å². The van der Waals surface area contributed by atoms with Crippen molar-refractivity contribution < 1.29 is 4.39 Å². The molecule has 0 aliphatic heterocycles. The summed E-state index contributed by atoms with van der Waals surface area (Å²) in [6.07, 6.45) is 1.78. The monoisotopic (exact) mass is 325 g/mol. The first-order valence-corrected chi connectivity index (χ1v) is 7.00. The Morgan fingerprint density at radius 1 is 1.47 bits per heavy atom. The number of halogens is 2. The number of hydrogen-bond acceptors (Lipinski definition) is 2. The van der Waals surface area contributed by atoms with Crippen molar-refractivity contribution in [3.63, 3.8) is 0 Å². The van der Waals surface area contributed by atoms with E-state index in [0.717, 1.165) is 27.8 Å². The highest BCUT2D eigenvalue weighted by molar-refractivity contribution is 9.10. The molecule has 1 aromatic carbocycles. The molecule has 1 aromatic heterocycles. The molecule has 1 unspecified atom stereocenters. The number of nitrogens with zero attached hydrogens (tertiary/aromatic N) is 2. The molecular formula is C14H17BrFN3. The Kier molecular flexibility index (Phi) is 4.37. The molecule has 5 heteroatoms. The van der Waals surface area contributed by atoms with Crippen LogP contribution in [-0.2, 0) is 7.05 Å². The van der Waals surface area contributed by atoms with Crippen LogP contribution in [-0.4, -0.2) is 16.3 Å². The zero-order valence-corrected chi connectivity index (χ0v) is 12.8. The van der Waals surface area contributed by atoms with E-state index in [2.05, 4.69) is 33.3 Å². The summed E-state index contributed by atoms with van der Waals surface area (Å²) in [7, 11) is 1.91. The molecule has 0 fully saturated rings. The molecule has 1 atom stereocenters. The largest absolute Gasteiger partial charge is 0.305 e. The molecule has 1 heterocycles. The maximum absolute atomic E-state index is 13.3. The van der Waals surface area contributed by atoms with Gasteiger partial charge in [0.25, 0.3) is 0 Å². The summed E-state index contributed by atoms with van der Waals surface area (Å²) in [5, 5.41) is 7.68. The second kappa shape index (κ2) is 5.84. The van der Waals surface area contributed by atoms with E-state index in [-0.39, 0.29) is 11.9 Å². The van der Waals surface area contributed by atoms with Crippen LogP contribution in [0.1, 0.15) is 29.8 Å². The minimum Gasteiger partial charge on any atom is -0.305 e. The van der Waals surface area contributed by atoms with Crippen LogP contribution < -0.4 is 5.32 Å². The van der Waals surface area contributed by atoms with Gasteiger partial charge in [-0.2, -0.15) is 5.10 Å². The highest BCUT2D eigenvalue weighted by Gasteiger charge is 2.21. The van der Waals surface area contributed by atoms with Gasteiger partial charge in [-0.05, 0) is 52.7 Å². The summed E-state index contributed by atoms with van der Waals surface area (Å²) in [6, 6.07) is 4.88. The SMILES string of the molecule is CCNC(c1ccc(F)cc1C)c1c(Br)cnn1C. The lowest BCUT2D eigenvalue weighted by atomic mass is 9.98. The van der Waals surface area contributed by atoms with E-state index < -0.39 is 0 Å². The Bertz CT molecular complexity index is 561. The van der Waals surface area contributed by atoms with E-state index in [0.29, 0.717) is 0 Å². The zero-order chi connectivity index (χ0) is 14.0. The van der Waals surface area contributed by atoms with E-state index >= 15 is 0 Å². The lowest BCUT2D eigenvalue weighted by molar-refractivity contribution is 0.565. The van der Waals surface area contributed by atoms with Gasteiger partial charge >= 0.3 is 0 Å². The fraction of sp³-hybridized carbons (Fsp3) is 0.357. The highest BCUT2D eigenvalue weighted by atomic mass is 79.9. The van der Waals surface area contributed by atoms with Crippen molar-refractivity contribution in [1.82, 2.24) is 15.1 Å². The summed E-state index contributed by atoms with van der Waals surface area (Å²) in [4.78, 5) is 0. The van der Waals surface area contributed by atoms with E-state index in [1.54, 1.807) is 12.3 Å². The minimum absolute atomic E-state index is 0.00697. The van der Waals surface area contributed by atoms with Crippen molar-refractivity contribution in [3.8, 4) is 0 Å². The topological polar surface area (TPSA) is 29.9 Å². The molecule has 0 radical (unpaired) electrons. The summed E-state index contributed by atoms with van der Waals surface area (Å²) in [5.41, 5.74) is 3.03. The minimum atomic E-state index is -0.208. The van der Waals surface area contributed by atoms with Gasteiger partial charge < -0.3 is 5.32 Å². The third-order valence-electron chi connectivity index (χ3n) is 3.16. The van der Waals surface area contributed by atoms with Gasteiger partial charge in [0.15, 0.2) is 0 Å². The van der Waals surface area contributed by atoms with E-state index in [4.69, 9.17) is 0 Å². The molecule has 19 heavy (non-hydrogen) atoms. The van der Waals surface area contributed by atoms with Gasteiger partial charge in [-0.15, -0.1) is 0 Å². The van der Waals surface area contributed by atoms with E-state index in [1.165, 1.54) is 6.07 Å². The van der Waals surface area contributed by atoms with Gasteiger partial charge in [-0.25, -0.2) is 4.39 Å². The first-order chi connectivity index (χ1) is 9.04. The van der Waals surface area contributed by atoms with Crippen LogP contribution in [0.3, 0.4) is 0 Å². The molecule has 0 saturated heterocycles. The number of hydrogen-bond donors (Lipinski definition) is 1. The second-order valence-corrected chi connectivity index (χ2v) is 5.35. The maximum atomic E-state index is 13.3. The van der Waals surface area contributed by atoms with Gasteiger partial charge in [0.05, 0.1) is 22.4 Å². The molecule has 0 bridgehead atoms. The van der Waals surface area contributed by atoms with Crippen LogP contribution in [0.2, 0.25) is 0 Å². The predicted molar refractivity (Wildman–Crippen MR) is 77.6 cm³/mol. The van der Waals surface area contributed by atoms with Crippen molar-refractivity contribution in [1.29, 1.82) is 0 Å². The first kappa shape index (κ1) is 14.2. The van der Waals surface area contributed by atoms with Crippen molar-refractivity contribution in [2.75, 3.05) is 6.54 Å². The van der Waals surface area contributed by atoms with Crippen molar-refractivity contribution in [2.24, 2.45) is 7.05 Å². The summed E-state index contributed by atoms with van der Waals surface area (Å²) >= 11 is 3.53. The molecule has 2 aromatic rings. The fourth-order valence-corrected chi connectivity index (χ4v) is 2.84. The van der Waals surface area contributed by atoms with Crippen LogP contribution >= 0.6 is 15.9 Å². The van der Waals surface area contributed by atoms with Gasteiger partial charge in [0.1, 0.15) is 5.82 Å². The third-order valence-corrected chi connectivity index (χ3v) is 3.77. The lowest BCUT2D eigenvalue weighted by Gasteiger charge is -2.21. The predicted octanol–water partition coefficient (Wildman–Crippen LogP) is 3.33. The quantitative estimate of drug-likeness (QED) is 0.934. The molecule has 2 rings (SSSR count). The van der Waals surface area contributed by atoms with Crippen molar-refractivity contribution in [3.05, 3.63) is 51.5 Å². The number of aromatic nitrogens is 2. The normalized spacial score (nSPS) is 12.7. The molecular weight excluding hydrogens is 309 g/mol. The lowest BCUT2D eigenvalue weighted by Crippen LogP contribution is -2.25. The molecule has 102 valence electrons. The molecule has 0 aliphatic rings. The van der Waals surface area contributed by atoms with Gasteiger partial charge in [-0.1, -0.05) is 13.0 Å². The van der Waals surface area contributed by atoms with Gasteiger partial charge in [0, 0.05) is 7.05 Å². The van der Waals surface area contributed by atoms with Crippen molar-refractivity contribution >= 4 is 15.9 Å². The van der Waals surface area contributed by atoms with Gasteiger partial charge in [0.2, 0.25) is 0 Å². The Morgan fingerprint density at radius 2 is 2.21 bits per heavy atom. The Hall–Kier alpha value is -1.20. The number of rotatable bonds is 4. The third kappa shape index (κ3) is 2.87. The number of aryl methyl sites for hydroxylation is 2. The molecule has 0 spiro atoms. The van der Waals surface area contributed by atoms with Crippen LogP contribution in [0.25, 0.3) is 0 Å². The number of benzene rings is 1. The average Bonchev–Trinajstić information content (AvgIpc) is 2.67. The molecule has 0 aliphatic carbocycles. The standard InChI is InChI=1S/C14H17BrFN3/c1-4-17-13(14-12(15)8-18-19(14)3)11-6-5-10(16)7-9(11)2/h5-8,13,17H,4H2,1-3H3. The Morgan fingerprint density at radius 3 is 2.74 bits per heavy atom. The van der Waals surface area contributed by atoms with Crippen LogP contribution in [0, 0.1) is 12.7 Å². The smallest absolute Gasteiger partial charge is 0.123 e. The van der Waals surface area contributed by atoms with Crippen molar-refractivity contribution in [2.45, 2.75) is 19.9 Å². The maximum Gasteiger partial charge on any atom is 0.123 e. The average molecular weight is 326 g/mol. The van der Waals surface area contributed by atoms with E-state index in [9.17, 15) is 4.39 Å². The van der Waals surface area contributed by atoms with Crippen LogP contribution in [0.15, 0.2) is 28.9 Å². The van der Waals surface area contributed by atoms with Crippen LogP contribution in [0.4, 0.5) is 4.39 Å². The zero-order valence-electron chi connectivity index (χ0n) is 11.2. The summed E-state index contributed by atoms with van der Waals surface area (Å²) < 4.78 is 16.0.